The van der Waals surface area contributed by atoms with Crippen LogP contribution in [0.4, 0.5) is 0 Å². The minimum Gasteiger partial charge on any atom is -0.487 e. The maximum Gasteiger partial charge on any atom is 0.169 e. The van der Waals surface area contributed by atoms with Crippen molar-refractivity contribution in [3.05, 3.63) is 48.3 Å². The second-order valence-corrected chi connectivity index (χ2v) is 3.96. The third-order valence-corrected chi connectivity index (χ3v) is 2.18. The summed E-state index contributed by atoms with van der Waals surface area (Å²) in [6.45, 7) is 4.01. The van der Waals surface area contributed by atoms with Crippen molar-refractivity contribution in [2.75, 3.05) is 0 Å². The van der Waals surface area contributed by atoms with Gasteiger partial charge in [-0.05, 0) is 44.6 Å². The smallest absolute Gasteiger partial charge is 0.169 e. The zero-order chi connectivity index (χ0) is 11.4. The molecule has 16 heavy (non-hydrogen) atoms. The Hall–Kier alpha value is -1.70. The summed E-state index contributed by atoms with van der Waals surface area (Å²) in [6.07, 6.45) is 7.19. The lowest BCUT2D eigenvalue weighted by atomic mass is 10.3. The molecule has 0 fully saturated rings. The molecule has 0 saturated heterocycles. The predicted molar refractivity (Wildman–Crippen MR) is 64.7 cm³/mol. The van der Waals surface area contributed by atoms with Crippen molar-refractivity contribution in [1.82, 2.24) is 0 Å². The fourth-order valence-electron chi connectivity index (χ4n) is 1.52. The summed E-state index contributed by atoms with van der Waals surface area (Å²) >= 11 is 0. The average molecular weight is 216 g/mol. The van der Waals surface area contributed by atoms with Crippen molar-refractivity contribution >= 4 is 0 Å². The van der Waals surface area contributed by atoms with Crippen LogP contribution in [0.3, 0.4) is 0 Å². The number of hydrogen-bond donors (Lipinski definition) is 0. The molecule has 0 unspecified atom stereocenters. The van der Waals surface area contributed by atoms with Crippen molar-refractivity contribution in [2.45, 2.75) is 26.4 Å². The minimum absolute atomic E-state index is 0.151. The monoisotopic (exact) mass is 216 g/mol. The Kier molecular flexibility index (Phi) is 3.30. The first-order chi connectivity index (χ1) is 7.75. The topological polar surface area (TPSA) is 18.5 Å². The highest BCUT2D eigenvalue weighted by molar-refractivity contribution is 5.42. The molecule has 0 atom stereocenters. The van der Waals surface area contributed by atoms with Crippen LogP contribution in [0.25, 0.3) is 0 Å². The number of para-hydroxylation sites is 2. The first kappa shape index (κ1) is 10.8. The molecule has 0 amide bonds. The van der Waals surface area contributed by atoms with Gasteiger partial charge in [-0.25, -0.2) is 0 Å². The normalized spacial score (nSPS) is 14.1. The third kappa shape index (κ3) is 2.66. The molecule has 0 aromatic heterocycles. The van der Waals surface area contributed by atoms with E-state index in [4.69, 9.17) is 9.47 Å². The van der Waals surface area contributed by atoms with Gasteiger partial charge >= 0.3 is 0 Å². The first-order valence-electron chi connectivity index (χ1n) is 5.56. The first-order valence-corrected chi connectivity index (χ1v) is 5.56. The SMILES string of the molecule is CC(C)Oc1ccccc1OC1=CCC=C1. The molecule has 0 saturated carbocycles. The lowest BCUT2D eigenvalue weighted by Crippen LogP contribution is -2.06. The molecule has 0 heterocycles. The van der Waals surface area contributed by atoms with E-state index in [0.29, 0.717) is 0 Å². The molecule has 0 N–H and O–H groups in total. The maximum atomic E-state index is 5.76. The summed E-state index contributed by atoms with van der Waals surface area (Å²) < 4.78 is 11.4. The van der Waals surface area contributed by atoms with E-state index in [1.165, 1.54) is 0 Å². The van der Waals surface area contributed by atoms with E-state index in [-0.39, 0.29) is 6.10 Å². The van der Waals surface area contributed by atoms with Gasteiger partial charge in [0.25, 0.3) is 0 Å². The fourth-order valence-corrected chi connectivity index (χ4v) is 1.52. The number of hydrogen-bond acceptors (Lipinski definition) is 2. The molecule has 1 aliphatic carbocycles. The molecule has 0 spiro atoms. The van der Waals surface area contributed by atoms with Gasteiger partial charge in [-0.15, -0.1) is 0 Å². The van der Waals surface area contributed by atoms with Gasteiger partial charge < -0.3 is 9.47 Å². The summed E-state index contributed by atoms with van der Waals surface area (Å²) in [4.78, 5) is 0. The summed E-state index contributed by atoms with van der Waals surface area (Å²) in [5, 5.41) is 0. The third-order valence-electron chi connectivity index (χ3n) is 2.18. The molecule has 84 valence electrons. The second-order valence-electron chi connectivity index (χ2n) is 3.96. The highest BCUT2D eigenvalue weighted by atomic mass is 16.5. The van der Waals surface area contributed by atoms with Gasteiger partial charge in [-0.1, -0.05) is 18.2 Å². The van der Waals surface area contributed by atoms with E-state index >= 15 is 0 Å². The molecule has 0 bridgehead atoms. The van der Waals surface area contributed by atoms with Crippen LogP contribution in [0, 0.1) is 0 Å². The summed E-state index contributed by atoms with van der Waals surface area (Å²) in [5.74, 6) is 2.45. The molecule has 2 nitrogen and oxygen atoms in total. The van der Waals surface area contributed by atoms with Crippen molar-refractivity contribution in [1.29, 1.82) is 0 Å². The Morgan fingerprint density at radius 2 is 1.88 bits per heavy atom. The van der Waals surface area contributed by atoms with Crippen LogP contribution in [0.1, 0.15) is 20.3 Å². The van der Waals surface area contributed by atoms with Gasteiger partial charge in [0.15, 0.2) is 11.5 Å². The van der Waals surface area contributed by atoms with Crippen molar-refractivity contribution < 1.29 is 9.47 Å². The number of benzene rings is 1. The van der Waals surface area contributed by atoms with Crippen LogP contribution in [0.15, 0.2) is 48.3 Å². The Balaban J connectivity index is 2.15. The van der Waals surface area contributed by atoms with Crippen LogP contribution in [-0.2, 0) is 0 Å². The Labute approximate surface area is 96.2 Å². The highest BCUT2D eigenvalue weighted by Crippen LogP contribution is 2.30. The zero-order valence-electron chi connectivity index (χ0n) is 9.64. The van der Waals surface area contributed by atoms with E-state index < -0.39 is 0 Å². The summed E-state index contributed by atoms with van der Waals surface area (Å²) in [5.41, 5.74) is 0. The van der Waals surface area contributed by atoms with Crippen LogP contribution in [-0.4, -0.2) is 6.10 Å². The zero-order valence-corrected chi connectivity index (χ0v) is 9.64. The van der Waals surface area contributed by atoms with Crippen LogP contribution in [0.2, 0.25) is 0 Å². The molecule has 2 heteroatoms. The van der Waals surface area contributed by atoms with Crippen LogP contribution >= 0.6 is 0 Å². The van der Waals surface area contributed by atoms with Gasteiger partial charge in [0.2, 0.25) is 0 Å². The van der Waals surface area contributed by atoms with Crippen LogP contribution < -0.4 is 9.47 Å². The average Bonchev–Trinajstić information content (AvgIpc) is 2.73. The Morgan fingerprint density at radius 1 is 1.12 bits per heavy atom. The number of rotatable bonds is 4. The molecular formula is C14H16O2. The van der Waals surface area contributed by atoms with E-state index in [1.807, 2.05) is 50.3 Å². The quantitative estimate of drug-likeness (QED) is 0.764. The molecule has 0 radical (unpaired) electrons. The van der Waals surface area contributed by atoms with Gasteiger partial charge in [-0.3, -0.25) is 0 Å². The van der Waals surface area contributed by atoms with Gasteiger partial charge in [0.1, 0.15) is 5.76 Å². The minimum atomic E-state index is 0.151. The molecule has 1 aromatic carbocycles. The van der Waals surface area contributed by atoms with Crippen molar-refractivity contribution in [3.8, 4) is 11.5 Å². The molecule has 1 aromatic rings. The van der Waals surface area contributed by atoms with Gasteiger partial charge in [0, 0.05) is 0 Å². The number of allylic oxidation sites excluding steroid dienone is 3. The predicted octanol–water partition coefficient (Wildman–Crippen LogP) is 3.70. The van der Waals surface area contributed by atoms with Crippen molar-refractivity contribution in [2.24, 2.45) is 0 Å². The van der Waals surface area contributed by atoms with Gasteiger partial charge in [0.05, 0.1) is 6.10 Å². The fraction of sp³-hybridized carbons (Fsp3) is 0.286. The number of ether oxygens (including phenoxy) is 2. The van der Waals surface area contributed by atoms with Crippen molar-refractivity contribution in [3.63, 3.8) is 0 Å². The molecular weight excluding hydrogens is 200 g/mol. The maximum absolute atomic E-state index is 5.76. The largest absolute Gasteiger partial charge is 0.487 e. The van der Waals surface area contributed by atoms with Crippen LogP contribution in [0.5, 0.6) is 11.5 Å². The molecule has 0 aliphatic heterocycles. The highest BCUT2D eigenvalue weighted by Gasteiger charge is 2.08. The second kappa shape index (κ2) is 4.88. The standard InChI is InChI=1S/C14H16O2/c1-11(2)15-13-9-5-6-10-14(13)16-12-7-3-4-8-12/h3,5-11H,4H2,1-2H3. The van der Waals surface area contributed by atoms with E-state index in [1.54, 1.807) is 0 Å². The Bertz CT molecular complexity index is 416. The summed E-state index contributed by atoms with van der Waals surface area (Å²) in [6, 6.07) is 7.74. The van der Waals surface area contributed by atoms with E-state index in [9.17, 15) is 0 Å². The van der Waals surface area contributed by atoms with E-state index in [0.717, 1.165) is 23.7 Å². The summed E-state index contributed by atoms with van der Waals surface area (Å²) in [7, 11) is 0. The Morgan fingerprint density at radius 3 is 2.50 bits per heavy atom. The van der Waals surface area contributed by atoms with Gasteiger partial charge in [-0.2, -0.15) is 0 Å². The van der Waals surface area contributed by atoms with E-state index in [2.05, 4.69) is 6.08 Å². The lowest BCUT2D eigenvalue weighted by molar-refractivity contribution is 0.232. The molecule has 1 aliphatic rings. The molecule has 2 rings (SSSR count). The lowest BCUT2D eigenvalue weighted by Gasteiger charge is -2.14.